The summed E-state index contributed by atoms with van der Waals surface area (Å²) in [6, 6.07) is 13.2. The van der Waals surface area contributed by atoms with E-state index < -0.39 is 5.97 Å². The quantitative estimate of drug-likeness (QED) is 0.877. The molecule has 2 aromatic rings. The fourth-order valence-electron chi connectivity index (χ4n) is 2.14. The highest BCUT2D eigenvalue weighted by molar-refractivity contribution is 5.88. The van der Waals surface area contributed by atoms with E-state index in [1.54, 1.807) is 18.2 Å². The Kier molecular flexibility index (Phi) is 3.85. The second-order valence-corrected chi connectivity index (χ2v) is 4.74. The van der Waals surface area contributed by atoms with E-state index in [2.05, 4.69) is 37.4 Å². The highest BCUT2D eigenvalue weighted by Crippen LogP contribution is 2.14. The van der Waals surface area contributed by atoms with Gasteiger partial charge in [-0.25, -0.2) is 4.79 Å². The van der Waals surface area contributed by atoms with E-state index in [4.69, 9.17) is 5.11 Å². The Morgan fingerprint density at radius 1 is 1.11 bits per heavy atom. The minimum Gasteiger partial charge on any atom is -0.478 e. The lowest BCUT2D eigenvalue weighted by atomic mass is 10.1. The SMILES string of the molecule is Cc1cc(C)cc(CNc2cccc(C(=O)O)c2)c1. The maximum atomic E-state index is 10.9. The zero-order chi connectivity index (χ0) is 13.8. The summed E-state index contributed by atoms with van der Waals surface area (Å²) in [6.07, 6.45) is 0. The lowest BCUT2D eigenvalue weighted by Crippen LogP contribution is -2.02. The van der Waals surface area contributed by atoms with Gasteiger partial charge >= 0.3 is 5.97 Å². The summed E-state index contributed by atoms with van der Waals surface area (Å²) in [6.45, 7) is 4.83. The smallest absolute Gasteiger partial charge is 0.335 e. The van der Waals surface area contributed by atoms with Crippen LogP contribution in [0, 0.1) is 13.8 Å². The van der Waals surface area contributed by atoms with Crippen LogP contribution in [0.2, 0.25) is 0 Å². The van der Waals surface area contributed by atoms with Gasteiger partial charge < -0.3 is 10.4 Å². The largest absolute Gasteiger partial charge is 0.478 e. The van der Waals surface area contributed by atoms with Gasteiger partial charge in [0.2, 0.25) is 0 Å². The maximum absolute atomic E-state index is 10.9. The topological polar surface area (TPSA) is 49.3 Å². The number of hydrogen-bond acceptors (Lipinski definition) is 2. The number of hydrogen-bond donors (Lipinski definition) is 2. The molecule has 0 unspecified atom stereocenters. The second-order valence-electron chi connectivity index (χ2n) is 4.74. The van der Waals surface area contributed by atoms with Gasteiger partial charge in [0.25, 0.3) is 0 Å². The van der Waals surface area contributed by atoms with Gasteiger partial charge in [-0.3, -0.25) is 0 Å². The fraction of sp³-hybridized carbons (Fsp3) is 0.188. The van der Waals surface area contributed by atoms with Crippen molar-refractivity contribution >= 4 is 11.7 Å². The molecule has 2 rings (SSSR count). The maximum Gasteiger partial charge on any atom is 0.335 e. The van der Waals surface area contributed by atoms with Crippen LogP contribution in [0.4, 0.5) is 5.69 Å². The first-order chi connectivity index (χ1) is 9.04. The minimum absolute atomic E-state index is 0.297. The summed E-state index contributed by atoms with van der Waals surface area (Å²) < 4.78 is 0. The third-order valence-corrected chi connectivity index (χ3v) is 2.89. The average Bonchev–Trinajstić information content (AvgIpc) is 2.35. The molecule has 0 radical (unpaired) electrons. The zero-order valence-electron chi connectivity index (χ0n) is 11.1. The van der Waals surface area contributed by atoms with Crippen LogP contribution in [0.25, 0.3) is 0 Å². The Morgan fingerprint density at radius 2 is 1.79 bits per heavy atom. The minimum atomic E-state index is -0.907. The monoisotopic (exact) mass is 255 g/mol. The van der Waals surface area contributed by atoms with Crippen molar-refractivity contribution < 1.29 is 9.90 Å². The molecular weight excluding hydrogens is 238 g/mol. The van der Waals surface area contributed by atoms with E-state index in [-0.39, 0.29) is 0 Å². The Labute approximate surface area is 112 Å². The predicted molar refractivity (Wildman–Crippen MR) is 76.6 cm³/mol. The van der Waals surface area contributed by atoms with E-state index in [0.29, 0.717) is 12.1 Å². The molecule has 0 saturated heterocycles. The van der Waals surface area contributed by atoms with E-state index in [0.717, 1.165) is 5.69 Å². The molecule has 0 bridgehead atoms. The lowest BCUT2D eigenvalue weighted by Gasteiger charge is -2.09. The number of aryl methyl sites for hydroxylation is 2. The van der Waals surface area contributed by atoms with Gasteiger partial charge in [0.15, 0.2) is 0 Å². The molecule has 3 heteroatoms. The number of nitrogens with one attached hydrogen (secondary N) is 1. The molecule has 0 amide bonds. The van der Waals surface area contributed by atoms with Crippen LogP contribution in [-0.2, 0) is 6.54 Å². The highest BCUT2D eigenvalue weighted by atomic mass is 16.4. The van der Waals surface area contributed by atoms with Crippen LogP contribution in [0.1, 0.15) is 27.0 Å². The number of benzene rings is 2. The van der Waals surface area contributed by atoms with E-state index in [1.165, 1.54) is 16.7 Å². The molecule has 0 fully saturated rings. The molecule has 0 saturated carbocycles. The van der Waals surface area contributed by atoms with Gasteiger partial charge in [-0.05, 0) is 37.6 Å². The predicted octanol–water partition coefficient (Wildman–Crippen LogP) is 3.61. The number of carboxylic acid groups (broad SMARTS) is 1. The standard InChI is InChI=1S/C16H17NO2/c1-11-6-12(2)8-13(7-11)10-17-15-5-3-4-14(9-15)16(18)19/h3-9,17H,10H2,1-2H3,(H,18,19). The Bertz CT molecular complexity index is 585. The molecule has 98 valence electrons. The van der Waals surface area contributed by atoms with Crippen molar-refractivity contribution in [3.8, 4) is 0 Å². The second kappa shape index (κ2) is 5.57. The molecule has 0 spiro atoms. The number of anilines is 1. The third-order valence-electron chi connectivity index (χ3n) is 2.89. The summed E-state index contributed by atoms with van der Waals surface area (Å²) >= 11 is 0. The number of carboxylic acids is 1. The van der Waals surface area contributed by atoms with Crippen molar-refractivity contribution in [2.75, 3.05) is 5.32 Å². The van der Waals surface area contributed by atoms with Crippen LogP contribution in [0.5, 0.6) is 0 Å². The van der Waals surface area contributed by atoms with E-state index in [1.807, 2.05) is 6.07 Å². The highest BCUT2D eigenvalue weighted by Gasteiger charge is 2.03. The van der Waals surface area contributed by atoms with Gasteiger partial charge in [0.05, 0.1) is 5.56 Å². The summed E-state index contributed by atoms with van der Waals surface area (Å²) in [7, 11) is 0. The molecule has 2 N–H and O–H groups in total. The van der Waals surface area contributed by atoms with Gasteiger partial charge in [0.1, 0.15) is 0 Å². The van der Waals surface area contributed by atoms with Crippen LogP contribution >= 0.6 is 0 Å². The average molecular weight is 255 g/mol. The summed E-state index contributed by atoms with van der Waals surface area (Å²) in [5, 5.41) is 12.2. The van der Waals surface area contributed by atoms with E-state index in [9.17, 15) is 4.79 Å². The number of carbonyl (C=O) groups is 1. The third kappa shape index (κ3) is 3.58. The molecular formula is C16H17NO2. The van der Waals surface area contributed by atoms with Crippen molar-refractivity contribution in [3.63, 3.8) is 0 Å². The lowest BCUT2D eigenvalue weighted by molar-refractivity contribution is 0.0697. The Morgan fingerprint density at radius 3 is 2.42 bits per heavy atom. The van der Waals surface area contributed by atoms with Crippen LogP contribution in [0.3, 0.4) is 0 Å². The molecule has 0 aliphatic rings. The van der Waals surface area contributed by atoms with Crippen molar-refractivity contribution in [2.24, 2.45) is 0 Å². The summed E-state index contributed by atoms with van der Waals surface area (Å²) in [5.41, 5.74) is 4.77. The molecule has 0 heterocycles. The fourth-order valence-corrected chi connectivity index (χ4v) is 2.14. The number of rotatable bonds is 4. The Hall–Kier alpha value is -2.29. The first-order valence-electron chi connectivity index (χ1n) is 6.19. The molecule has 0 aliphatic carbocycles. The first-order valence-corrected chi connectivity index (χ1v) is 6.19. The van der Waals surface area contributed by atoms with Crippen molar-refractivity contribution in [2.45, 2.75) is 20.4 Å². The van der Waals surface area contributed by atoms with Gasteiger partial charge in [-0.2, -0.15) is 0 Å². The molecule has 2 aromatic carbocycles. The first kappa shape index (κ1) is 13.1. The molecule has 19 heavy (non-hydrogen) atoms. The normalized spacial score (nSPS) is 10.2. The summed E-state index contributed by atoms with van der Waals surface area (Å²) in [4.78, 5) is 10.9. The van der Waals surface area contributed by atoms with Gasteiger partial charge in [0, 0.05) is 12.2 Å². The van der Waals surface area contributed by atoms with Gasteiger partial charge in [-0.15, -0.1) is 0 Å². The molecule has 0 aliphatic heterocycles. The molecule has 3 nitrogen and oxygen atoms in total. The van der Waals surface area contributed by atoms with Crippen LogP contribution in [0.15, 0.2) is 42.5 Å². The van der Waals surface area contributed by atoms with Gasteiger partial charge in [-0.1, -0.05) is 35.4 Å². The van der Waals surface area contributed by atoms with E-state index >= 15 is 0 Å². The molecule has 0 atom stereocenters. The Balaban J connectivity index is 2.10. The van der Waals surface area contributed by atoms with Crippen molar-refractivity contribution in [1.82, 2.24) is 0 Å². The van der Waals surface area contributed by atoms with Crippen molar-refractivity contribution in [1.29, 1.82) is 0 Å². The molecule has 0 aromatic heterocycles. The number of aromatic carboxylic acids is 1. The van der Waals surface area contributed by atoms with Crippen LogP contribution < -0.4 is 5.32 Å². The zero-order valence-corrected chi connectivity index (χ0v) is 11.1. The summed E-state index contributed by atoms with van der Waals surface area (Å²) in [5.74, 6) is -0.907. The van der Waals surface area contributed by atoms with Crippen LogP contribution in [-0.4, -0.2) is 11.1 Å². The van der Waals surface area contributed by atoms with Crippen molar-refractivity contribution in [3.05, 3.63) is 64.7 Å².